The van der Waals surface area contributed by atoms with Crippen molar-refractivity contribution in [1.29, 1.82) is 0 Å². The SMILES string of the molecule is O=C(Nc1ccc(S(=O)(=O)N2C[C@@H]3C[C@@H](C2)c2cccc(=O)n2C3)cc1)C1CCCCC1. The highest BCUT2D eigenvalue weighted by Gasteiger charge is 2.39. The Morgan fingerprint density at radius 3 is 2.44 bits per heavy atom. The Balaban J connectivity index is 1.31. The molecule has 32 heavy (non-hydrogen) atoms. The number of fused-ring (bicyclic) bond motifs is 4. The number of hydrogen-bond acceptors (Lipinski definition) is 4. The number of pyridine rings is 1. The Morgan fingerprint density at radius 1 is 0.938 bits per heavy atom. The van der Waals surface area contributed by atoms with Crippen molar-refractivity contribution < 1.29 is 13.2 Å². The Hall–Kier alpha value is -2.45. The first-order valence-corrected chi connectivity index (χ1v) is 13.0. The third kappa shape index (κ3) is 4.01. The summed E-state index contributed by atoms with van der Waals surface area (Å²) in [6.45, 7) is 1.35. The van der Waals surface area contributed by atoms with Crippen molar-refractivity contribution >= 4 is 21.6 Å². The number of piperidine rings is 1. The van der Waals surface area contributed by atoms with Gasteiger partial charge in [-0.15, -0.1) is 0 Å². The number of aromatic nitrogens is 1. The van der Waals surface area contributed by atoms with Gasteiger partial charge in [0.2, 0.25) is 15.9 Å². The first-order valence-electron chi connectivity index (χ1n) is 11.5. The summed E-state index contributed by atoms with van der Waals surface area (Å²) in [5.41, 5.74) is 1.54. The molecule has 2 bridgehead atoms. The minimum Gasteiger partial charge on any atom is -0.326 e. The van der Waals surface area contributed by atoms with Crippen molar-refractivity contribution in [2.45, 2.75) is 55.9 Å². The first kappa shape index (κ1) is 21.4. The Morgan fingerprint density at radius 2 is 1.69 bits per heavy atom. The average molecular weight is 456 g/mol. The maximum Gasteiger partial charge on any atom is 0.250 e. The molecule has 1 amide bonds. The van der Waals surface area contributed by atoms with Crippen LogP contribution in [0.3, 0.4) is 0 Å². The van der Waals surface area contributed by atoms with E-state index in [9.17, 15) is 18.0 Å². The lowest BCUT2D eigenvalue weighted by Crippen LogP contribution is -2.48. The number of rotatable bonds is 4. The summed E-state index contributed by atoms with van der Waals surface area (Å²) in [6, 6.07) is 11.8. The van der Waals surface area contributed by atoms with Gasteiger partial charge in [-0.3, -0.25) is 9.59 Å². The number of hydrogen-bond donors (Lipinski definition) is 1. The summed E-state index contributed by atoms with van der Waals surface area (Å²) < 4.78 is 30.1. The molecule has 1 N–H and O–H groups in total. The van der Waals surface area contributed by atoms with E-state index < -0.39 is 10.0 Å². The maximum atomic E-state index is 13.3. The summed E-state index contributed by atoms with van der Waals surface area (Å²) in [6.07, 6.45) is 6.12. The van der Waals surface area contributed by atoms with Gasteiger partial charge in [-0.25, -0.2) is 8.42 Å². The van der Waals surface area contributed by atoms with Crippen molar-refractivity contribution in [3.05, 3.63) is 58.5 Å². The van der Waals surface area contributed by atoms with Gasteiger partial charge in [0, 0.05) is 48.9 Å². The lowest BCUT2D eigenvalue weighted by molar-refractivity contribution is -0.120. The number of nitrogens with one attached hydrogen (secondary N) is 1. The van der Waals surface area contributed by atoms with E-state index >= 15 is 0 Å². The quantitative estimate of drug-likeness (QED) is 0.767. The second-order valence-corrected chi connectivity index (χ2v) is 11.3. The number of anilines is 1. The van der Waals surface area contributed by atoms with Crippen molar-refractivity contribution in [2.24, 2.45) is 11.8 Å². The molecule has 2 aliphatic heterocycles. The summed E-state index contributed by atoms with van der Waals surface area (Å²) in [5, 5.41) is 2.94. The van der Waals surface area contributed by atoms with Gasteiger partial charge >= 0.3 is 0 Å². The fourth-order valence-corrected chi connectivity index (χ4v) is 7.08. The van der Waals surface area contributed by atoms with Crippen LogP contribution in [-0.2, 0) is 21.4 Å². The van der Waals surface area contributed by atoms with Gasteiger partial charge in [-0.1, -0.05) is 25.3 Å². The van der Waals surface area contributed by atoms with Gasteiger partial charge < -0.3 is 9.88 Å². The van der Waals surface area contributed by atoms with Crippen LogP contribution in [0.2, 0.25) is 0 Å². The molecule has 8 heteroatoms. The van der Waals surface area contributed by atoms with Crippen LogP contribution in [0.25, 0.3) is 0 Å². The van der Waals surface area contributed by atoms with Gasteiger partial charge in [0.05, 0.1) is 4.90 Å². The summed E-state index contributed by atoms with van der Waals surface area (Å²) in [4.78, 5) is 24.9. The molecule has 2 atom stereocenters. The Bertz CT molecular complexity index is 1170. The largest absolute Gasteiger partial charge is 0.326 e. The molecule has 1 aliphatic carbocycles. The van der Waals surface area contributed by atoms with Gasteiger partial charge in [-0.05, 0) is 55.5 Å². The second-order valence-electron chi connectivity index (χ2n) is 9.37. The van der Waals surface area contributed by atoms with Crippen LogP contribution in [0.4, 0.5) is 5.69 Å². The molecule has 0 unspecified atom stereocenters. The minimum absolute atomic E-state index is 0.0145. The lowest BCUT2D eigenvalue weighted by atomic mass is 9.84. The average Bonchev–Trinajstić information content (AvgIpc) is 2.80. The highest BCUT2D eigenvalue weighted by Crippen LogP contribution is 2.37. The zero-order valence-electron chi connectivity index (χ0n) is 18.1. The predicted molar refractivity (Wildman–Crippen MR) is 122 cm³/mol. The first-order chi connectivity index (χ1) is 15.4. The fourth-order valence-electron chi connectivity index (χ4n) is 5.52. The van der Waals surface area contributed by atoms with Crippen LogP contribution < -0.4 is 10.9 Å². The van der Waals surface area contributed by atoms with E-state index in [4.69, 9.17) is 0 Å². The van der Waals surface area contributed by atoms with E-state index in [-0.39, 0.29) is 34.1 Å². The molecule has 2 fully saturated rings. The molecule has 0 radical (unpaired) electrons. The number of carbonyl (C=O) groups is 1. The van der Waals surface area contributed by atoms with E-state index in [2.05, 4.69) is 5.32 Å². The smallest absolute Gasteiger partial charge is 0.250 e. The van der Waals surface area contributed by atoms with Crippen LogP contribution in [0.5, 0.6) is 0 Å². The predicted octanol–water partition coefficient (Wildman–Crippen LogP) is 3.18. The highest BCUT2D eigenvalue weighted by atomic mass is 32.2. The van der Waals surface area contributed by atoms with Crippen molar-refractivity contribution in [1.82, 2.24) is 8.87 Å². The molecule has 1 aromatic carbocycles. The number of benzene rings is 1. The van der Waals surface area contributed by atoms with E-state index in [0.717, 1.165) is 37.8 Å². The van der Waals surface area contributed by atoms with E-state index in [0.29, 0.717) is 25.3 Å². The molecule has 1 saturated heterocycles. The zero-order chi connectivity index (χ0) is 22.3. The summed E-state index contributed by atoms with van der Waals surface area (Å²) in [5.74, 6) is 0.235. The van der Waals surface area contributed by atoms with Crippen molar-refractivity contribution in [2.75, 3.05) is 18.4 Å². The maximum absolute atomic E-state index is 13.3. The van der Waals surface area contributed by atoms with Gasteiger partial charge in [0.15, 0.2) is 0 Å². The van der Waals surface area contributed by atoms with Crippen molar-refractivity contribution in [3.8, 4) is 0 Å². The molecule has 7 nitrogen and oxygen atoms in total. The molecular formula is C24H29N3O4S. The monoisotopic (exact) mass is 455 g/mol. The molecule has 5 rings (SSSR count). The van der Waals surface area contributed by atoms with Gasteiger partial charge in [0.25, 0.3) is 5.56 Å². The van der Waals surface area contributed by atoms with Crippen LogP contribution in [0.15, 0.2) is 52.2 Å². The van der Waals surface area contributed by atoms with Crippen LogP contribution in [0.1, 0.15) is 50.1 Å². The number of nitrogens with zero attached hydrogens (tertiary/aromatic N) is 2. The van der Waals surface area contributed by atoms with Crippen LogP contribution >= 0.6 is 0 Å². The molecule has 170 valence electrons. The number of amides is 1. The number of sulfonamides is 1. The van der Waals surface area contributed by atoms with Crippen molar-refractivity contribution in [3.63, 3.8) is 0 Å². The third-order valence-corrected chi connectivity index (χ3v) is 9.03. The van der Waals surface area contributed by atoms with Gasteiger partial charge in [-0.2, -0.15) is 4.31 Å². The Labute approximate surface area is 188 Å². The van der Waals surface area contributed by atoms with E-state index in [1.165, 1.54) is 6.42 Å². The fraction of sp³-hybridized carbons (Fsp3) is 0.500. The van der Waals surface area contributed by atoms with E-state index in [1.807, 2.05) is 6.07 Å². The Kier molecular flexibility index (Phi) is 5.67. The highest BCUT2D eigenvalue weighted by molar-refractivity contribution is 7.89. The molecule has 3 aliphatic rings. The molecular weight excluding hydrogens is 426 g/mol. The summed E-state index contributed by atoms with van der Waals surface area (Å²) >= 11 is 0. The number of carbonyl (C=O) groups excluding carboxylic acids is 1. The molecule has 3 heterocycles. The minimum atomic E-state index is -3.65. The van der Waals surface area contributed by atoms with Gasteiger partial charge in [0.1, 0.15) is 0 Å². The summed E-state index contributed by atoms with van der Waals surface area (Å²) in [7, 11) is -3.65. The van der Waals surface area contributed by atoms with Crippen LogP contribution in [0, 0.1) is 11.8 Å². The normalized spacial score (nSPS) is 24.0. The van der Waals surface area contributed by atoms with Crippen LogP contribution in [-0.4, -0.2) is 36.3 Å². The third-order valence-electron chi connectivity index (χ3n) is 7.18. The molecule has 1 saturated carbocycles. The zero-order valence-corrected chi connectivity index (χ0v) is 18.9. The molecule has 0 spiro atoms. The molecule has 2 aromatic rings. The molecule has 1 aromatic heterocycles. The topological polar surface area (TPSA) is 88.5 Å². The van der Waals surface area contributed by atoms with E-state index in [1.54, 1.807) is 45.3 Å². The second kappa shape index (κ2) is 8.48. The standard InChI is InChI=1S/C24H29N3O4S/c28-23-8-4-7-22-19-13-17(15-27(22)23)14-26(16-19)32(30,31)21-11-9-20(10-12-21)25-24(29)18-5-2-1-3-6-18/h4,7-12,17-19H,1-3,5-6,13-16H2,(H,25,29)/t17-,19-/m0/s1. The lowest BCUT2D eigenvalue weighted by Gasteiger charge is -2.42.